The van der Waals surface area contributed by atoms with E-state index in [1.54, 1.807) is 27.7 Å². The third kappa shape index (κ3) is 20.0. The summed E-state index contributed by atoms with van der Waals surface area (Å²) in [6, 6.07) is 17.0. The molecule has 0 aliphatic carbocycles. The minimum atomic E-state index is -0.693. The Labute approximate surface area is 407 Å². The highest BCUT2D eigenvalue weighted by molar-refractivity contribution is 5.95. The van der Waals surface area contributed by atoms with Gasteiger partial charge >= 0.3 is 35.8 Å². The van der Waals surface area contributed by atoms with Crippen molar-refractivity contribution in [2.24, 2.45) is 23.7 Å². The lowest BCUT2D eigenvalue weighted by Gasteiger charge is -2.15. The number of carbonyl (C=O) groups excluding carboxylic acids is 10. The first-order valence-electron chi connectivity index (χ1n) is 23.5. The van der Waals surface area contributed by atoms with E-state index in [9.17, 15) is 47.9 Å². The molecule has 0 saturated heterocycles. The molecule has 17 nitrogen and oxygen atoms in total. The maximum absolute atomic E-state index is 12.7. The lowest BCUT2D eigenvalue weighted by Crippen LogP contribution is -2.19. The number of hydrogen-bond acceptors (Lipinski definition) is 17. The number of hydrogen-bond donors (Lipinski definition) is 1. The molecular weight excluding hydrogens is 909 g/mol. The summed E-state index contributed by atoms with van der Waals surface area (Å²) in [5.74, 6) is -5.90. The van der Waals surface area contributed by atoms with E-state index in [0.29, 0.717) is 44.3 Å². The fourth-order valence-electron chi connectivity index (χ4n) is 6.67. The number of aliphatic hydroxyl groups excluding tert-OH is 1. The Kier molecular flexibility index (Phi) is 25.1. The highest BCUT2D eigenvalue weighted by Gasteiger charge is 2.22. The first-order valence-corrected chi connectivity index (χ1v) is 23.5. The second-order valence-corrected chi connectivity index (χ2v) is 16.9. The molecule has 4 unspecified atom stereocenters. The molecule has 3 aromatic rings. The molecular formula is C53H64O17. The zero-order valence-electron chi connectivity index (χ0n) is 40.5. The van der Waals surface area contributed by atoms with Crippen LogP contribution in [0.5, 0.6) is 0 Å². The highest BCUT2D eigenvalue weighted by atomic mass is 16.6. The molecule has 0 fully saturated rings. The Hall–Kier alpha value is -6.88. The van der Waals surface area contributed by atoms with Gasteiger partial charge < -0.3 is 33.5 Å². The van der Waals surface area contributed by atoms with E-state index in [-0.39, 0.29) is 122 Å². The molecule has 0 radical (unpaired) electrons. The molecule has 0 saturated carbocycles. The van der Waals surface area contributed by atoms with Gasteiger partial charge in [-0.25, -0.2) is 28.8 Å². The van der Waals surface area contributed by atoms with Crippen LogP contribution in [-0.2, 0) is 47.6 Å². The zero-order valence-corrected chi connectivity index (χ0v) is 40.5. The molecule has 0 aliphatic heterocycles. The van der Waals surface area contributed by atoms with Crippen molar-refractivity contribution in [1.29, 1.82) is 0 Å². The number of carbonyl (C=O) groups is 10. The van der Waals surface area contributed by atoms with Gasteiger partial charge in [0.25, 0.3) is 0 Å². The van der Waals surface area contributed by atoms with Crippen molar-refractivity contribution in [3.05, 3.63) is 106 Å². The highest BCUT2D eigenvalue weighted by Crippen LogP contribution is 2.19. The Bertz CT molecular complexity index is 2090. The summed E-state index contributed by atoms with van der Waals surface area (Å²) in [7, 11) is 0. The van der Waals surface area contributed by atoms with Gasteiger partial charge in [0, 0.05) is 49.4 Å². The van der Waals surface area contributed by atoms with Crippen LogP contribution in [0.15, 0.2) is 72.8 Å². The SMILES string of the molecule is CCCOC(=O)c1ccc(C(=O)OCCC(=O)C(C)CCC(C)C(=O)CCOC(=O)c2ccc(C(=O)OCCC(=O)C(C)CCC(C)C(=O)CCOC(=O)c3ccc(C(=O)OCCO)cc3)cc2)cc1. The number of rotatable bonds is 32. The molecule has 4 atom stereocenters. The van der Waals surface area contributed by atoms with Gasteiger partial charge in [0.1, 0.15) is 29.7 Å². The quantitative estimate of drug-likeness (QED) is 0.0474. The second kappa shape index (κ2) is 30.6. The first kappa shape index (κ1) is 57.4. The maximum atomic E-state index is 12.7. The van der Waals surface area contributed by atoms with E-state index in [1.165, 1.54) is 72.8 Å². The predicted octanol–water partition coefficient (Wildman–Crippen LogP) is 7.37. The van der Waals surface area contributed by atoms with Gasteiger partial charge in [0.2, 0.25) is 0 Å². The molecule has 378 valence electrons. The molecule has 0 spiro atoms. The van der Waals surface area contributed by atoms with Crippen LogP contribution in [0.1, 0.15) is 155 Å². The monoisotopic (exact) mass is 972 g/mol. The molecule has 70 heavy (non-hydrogen) atoms. The number of Topliss-reactive ketones (excluding diaryl/α,β-unsaturated/α-hetero) is 4. The molecule has 0 aromatic heterocycles. The average Bonchev–Trinajstić information content (AvgIpc) is 3.37. The smallest absolute Gasteiger partial charge is 0.338 e. The topological polar surface area (TPSA) is 246 Å². The second-order valence-electron chi connectivity index (χ2n) is 16.9. The van der Waals surface area contributed by atoms with Crippen molar-refractivity contribution in [3.8, 4) is 0 Å². The molecule has 3 rings (SSSR count). The van der Waals surface area contributed by atoms with Crippen molar-refractivity contribution in [3.63, 3.8) is 0 Å². The minimum Gasteiger partial charge on any atom is -0.462 e. The fourth-order valence-corrected chi connectivity index (χ4v) is 6.67. The normalized spacial score (nSPS) is 12.5. The van der Waals surface area contributed by atoms with E-state index in [1.807, 2.05) is 6.92 Å². The lowest BCUT2D eigenvalue weighted by molar-refractivity contribution is -0.125. The summed E-state index contributed by atoms with van der Waals surface area (Å²) in [4.78, 5) is 125. The summed E-state index contributed by atoms with van der Waals surface area (Å²) in [6.45, 7) is 8.09. The predicted molar refractivity (Wildman–Crippen MR) is 252 cm³/mol. The first-order chi connectivity index (χ1) is 33.4. The van der Waals surface area contributed by atoms with Crippen LogP contribution in [-0.4, -0.2) is 110 Å². The van der Waals surface area contributed by atoms with Crippen molar-refractivity contribution in [2.75, 3.05) is 46.2 Å². The molecule has 0 amide bonds. The molecule has 1 N–H and O–H groups in total. The summed E-state index contributed by atoms with van der Waals surface area (Å²) >= 11 is 0. The fraction of sp³-hybridized carbons (Fsp3) is 0.472. The minimum absolute atomic E-state index is 0.00732. The van der Waals surface area contributed by atoms with E-state index in [0.717, 1.165) is 0 Å². The maximum Gasteiger partial charge on any atom is 0.338 e. The third-order valence-electron chi connectivity index (χ3n) is 11.4. The third-order valence-corrected chi connectivity index (χ3v) is 11.4. The van der Waals surface area contributed by atoms with Gasteiger partial charge in [-0.3, -0.25) is 19.2 Å². The van der Waals surface area contributed by atoms with E-state index in [2.05, 4.69) is 0 Å². The summed E-state index contributed by atoms with van der Waals surface area (Å²) in [5, 5.41) is 8.77. The standard InChI is InChI=1S/C53H64O17/c1-6-28-65-48(59)38-11-13-39(14-12-38)49(60)66-29-23-44(55)34(2)7-8-35(3)45(56)24-30-67-50(61)40-15-17-41(18-16-40)51(62)68-31-25-46(57)36(4)9-10-37(5)47(58)26-32-69-52(63)42-19-21-43(22-20-42)53(64)70-33-27-54/h11-22,34-37,54H,6-10,23-33H2,1-5H3. The summed E-state index contributed by atoms with van der Waals surface area (Å²) in [5.41, 5.74) is 1.24. The summed E-state index contributed by atoms with van der Waals surface area (Å²) in [6.07, 6.45) is 2.33. The Balaban J connectivity index is 1.26. The van der Waals surface area contributed by atoms with Crippen molar-refractivity contribution >= 4 is 58.9 Å². The van der Waals surface area contributed by atoms with Gasteiger partial charge in [0.05, 0.1) is 73.0 Å². The van der Waals surface area contributed by atoms with Crippen LogP contribution in [0.3, 0.4) is 0 Å². The zero-order chi connectivity index (χ0) is 51.6. The van der Waals surface area contributed by atoms with Gasteiger partial charge in [-0.15, -0.1) is 0 Å². The molecule has 0 bridgehead atoms. The molecule has 0 heterocycles. The largest absolute Gasteiger partial charge is 0.462 e. The lowest BCUT2D eigenvalue weighted by atomic mass is 9.91. The average molecular weight is 973 g/mol. The van der Waals surface area contributed by atoms with E-state index >= 15 is 0 Å². The van der Waals surface area contributed by atoms with Gasteiger partial charge in [-0.05, 0) is 105 Å². The van der Waals surface area contributed by atoms with Crippen LogP contribution in [0.2, 0.25) is 0 Å². The number of aliphatic hydroxyl groups is 1. The van der Waals surface area contributed by atoms with Crippen LogP contribution < -0.4 is 0 Å². The molecule has 0 aliphatic rings. The Morgan fingerprint density at radius 2 is 0.529 bits per heavy atom. The Morgan fingerprint density at radius 1 is 0.343 bits per heavy atom. The number of benzene rings is 3. The number of ketones is 4. The van der Waals surface area contributed by atoms with E-state index < -0.39 is 53.6 Å². The molecule has 3 aromatic carbocycles. The summed E-state index contributed by atoms with van der Waals surface area (Å²) < 4.78 is 30.9. The van der Waals surface area contributed by atoms with Gasteiger partial charge in [-0.2, -0.15) is 0 Å². The van der Waals surface area contributed by atoms with Crippen molar-refractivity contribution < 1.29 is 81.5 Å². The number of esters is 6. The van der Waals surface area contributed by atoms with Crippen LogP contribution in [0.4, 0.5) is 0 Å². The van der Waals surface area contributed by atoms with Crippen LogP contribution >= 0.6 is 0 Å². The van der Waals surface area contributed by atoms with Crippen molar-refractivity contribution in [2.45, 2.75) is 92.4 Å². The van der Waals surface area contributed by atoms with Crippen molar-refractivity contribution in [1.82, 2.24) is 0 Å². The number of ether oxygens (including phenoxy) is 6. The van der Waals surface area contributed by atoms with Gasteiger partial charge in [-0.1, -0.05) is 34.6 Å². The Morgan fingerprint density at radius 3 is 0.714 bits per heavy atom. The van der Waals surface area contributed by atoms with E-state index in [4.69, 9.17) is 33.5 Å². The van der Waals surface area contributed by atoms with Gasteiger partial charge in [0.15, 0.2) is 0 Å². The molecule has 17 heteroatoms. The van der Waals surface area contributed by atoms with Crippen LogP contribution in [0, 0.1) is 23.7 Å². The van der Waals surface area contributed by atoms with Crippen LogP contribution in [0.25, 0.3) is 0 Å².